The number of hydrogen-bond acceptors (Lipinski definition) is 4. The summed E-state index contributed by atoms with van der Waals surface area (Å²) in [6.07, 6.45) is 0.575. The molecule has 19 heavy (non-hydrogen) atoms. The lowest BCUT2D eigenvalue weighted by atomic mass is 10.2. The molecule has 0 atom stereocenters. The molecule has 0 bridgehead atoms. The van der Waals surface area contributed by atoms with E-state index in [2.05, 4.69) is 0 Å². The molecule has 1 rings (SSSR count). The van der Waals surface area contributed by atoms with Gasteiger partial charge in [-0.3, -0.25) is 0 Å². The minimum absolute atomic E-state index is 0.00329. The van der Waals surface area contributed by atoms with Crippen molar-refractivity contribution in [1.82, 2.24) is 0 Å². The molecular weight excluding hydrogens is 311 g/mol. The first-order valence-corrected chi connectivity index (χ1v) is 8.39. The maximum Gasteiger partial charge on any atom is 0.153 e. The van der Waals surface area contributed by atoms with Gasteiger partial charge < -0.3 is 9.84 Å². The quantitative estimate of drug-likeness (QED) is 0.836. The van der Waals surface area contributed by atoms with Crippen molar-refractivity contribution in [2.75, 3.05) is 18.1 Å². The van der Waals surface area contributed by atoms with E-state index in [9.17, 15) is 13.5 Å². The summed E-state index contributed by atoms with van der Waals surface area (Å²) in [4.78, 5) is 0. The van der Waals surface area contributed by atoms with E-state index in [0.29, 0.717) is 17.0 Å². The largest absolute Gasteiger partial charge is 0.491 e. The number of rotatable bonds is 7. The summed E-state index contributed by atoms with van der Waals surface area (Å²) in [5.41, 5.74) is 0.436. The number of aliphatic hydroxyl groups is 1. The summed E-state index contributed by atoms with van der Waals surface area (Å²) in [6.45, 7) is 1.52. The fourth-order valence-electron chi connectivity index (χ4n) is 1.58. The first kappa shape index (κ1) is 16.6. The molecule has 0 unspecified atom stereocenters. The van der Waals surface area contributed by atoms with Crippen LogP contribution in [-0.2, 0) is 16.4 Å². The van der Waals surface area contributed by atoms with E-state index in [4.69, 9.17) is 27.9 Å². The Morgan fingerprint density at radius 1 is 1.26 bits per heavy atom. The number of hydrogen-bond donors (Lipinski definition) is 1. The van der Waals surface area contributed by atoms with Crippen molar-refractivity contribution in [2.24, 2.45) is 0 Å². The molecule has 0 aromatic heterocycles. The van der Waals surface area contributed by atoms with Crippen LogP contribution in [-0.4, -0.2) is 31.6 Å². The summed E-state index contributed by atoms with van der Waals surface area (Å²) in [6, 6.07) is 3.02. The van der Waals surface area contributed by atoms with Gasteiger partial charge in [-0.05, 0) is 18.6 Å². The molecule has 0 saturated carbocycles. The van der Waals surface area contributed by atoms with Crippen LogP contribution >= 0.6 is 23.2 Å². The molecular formula is C12H16Cl2O4S. The molecule has 0 aliphatic carbocycles. The smallest absolute Gasteiger partial charge is 0.153 e. The number of benzene rings is 1. The third-order valence-electron chi connectivity index (χ3n) is 2.41. The lowest BCUT2D eigenvalue weighted by molar-refractivity contribution is 0.267. The van der Waals surface area contributed by atoms with Gasteiger partial charge in [0.1, 0.15) is 12.4 Å². The molecule has 7 heteroatoms. The molecule has 1 aromatic rings. The summed E-state index contributed by atoms with van der Waals surface area (Å²) in [5.74, 6) is 0.336. The highest BCUT2D eigenvalue weighted by Gasteiger charge is 2.13. The second-order valence-electron chi connectivity index (χ2n) is 4.03. The number of halogens is 2. The summed E-state index contributed by atoms with van der Waals surface area (Å²) in [5, 5.41) is 9.84. The van der Waals surface area contributed by atoms with E-state index in [-0.39, 0.29) is 35.5 Å². The third kappa shape index (κ3) is 5.18. The Balaban J connectivity index is 2.73. The van der Waals surface area contributed by atoms with E-state index in [1.807, 2.05) is 0 Å². The normalized spacial score (nSPS) is 11.6. The Morgan fingerprint density at radius 2 is 1.95 bits per heavy atom. The molecule has 0 aliphatic heterocycles. The minimum Gasteiger partial charge on any atom is -0.491 e. The Labute approximate surface area is 123 Å². The Kier molecular flexibility index (Phi) is 6.39. The molecule has 0 aliphatic rings. The average molecular weight is 327 g/mol. The fourth-order valence-corrected chi connectivity index (χ4v) is 3.33. The van der Waals surface area contributed by atoms with Gasteiger partial charge in [0.05, 0.1) is 23.1 Å². The van der Waals surface area contributed by atoms with Gasteiger partial charge in [0.15, 0.2) is 9.84 Å². The van der Waals surface area contributed by atoms with Crippen molar-refractivity contribution in [3.8, 4) is 5.75 Å². The van der Waals surface area contributed by atoms with Gasteiger partial charge in [-0.15, -0.1) is 0 Å². The molecule has 0 radical (unpaired) electrons. The van der Waals surface area contributed by atoms with Crippen LogP contribution in [0.25, 0.3) is 0 Å². The van der Waals surface area contributed by atoms with Crippen LogP contribution in [0.4, 0.5) is 0 Å². The van der Waals surface area contributed by atoms with Gasteiger partial charge in [0.2, 0.25) is 0 Å². The third-order valence-corrected chi connectivity index (χ3v) is 4.73. The van der Waals surface area contributed by atoms with Crippen molar-refractivity contribution in [3.63, 3.8) is 0 Å². The van der Waals surface area contributed by atoms with Crippen LogP contribution in [0.5, 0.6) is 5.75 Å². The molecule has 0 spiro atoms. The lowest BCUT2D eigenvalue weighted by Gasteiger charge is -2.12. The zero-order valence-electron chi connectivity index (χ0n) is 10.5. The van der Waals surface area contributed by atoms with Crippen molar-refractivity contribution in [3.05, 3.63) is 27.7 Å². The topological polar surface area (TPSA) is 63.6 Å². The molecule has 1 aromatic carbocycles. The molecule has 0 amide bonds. The second kappa shape index (κ2) is 7.33. The number of aliphatic hydroxyl groups excluding tert-OH is 1. The lowest BCUT2D eigenvalue weighted by Crippen LogP contribution is -2.17. The van der Waals surface area contributed by atoms with E-state index < -0.39 is 9.84 Å². The summed E-state index contributed by atoms with van der Waals surface area (Å²) in [7, 11) is -3.10. The van der Waals surface area contributed by atoms with E-state index in [0.717, 1.165) is 0 Å². The van der Waals surface area contributed by atoms with Crippen molar-refractivity contribution in [1.29, 1.82) is 0 Å². The molecule has 0 heterocycles. The number of ether oxygens (including phenoxy) is 1. The van der Waals surface area contributed by atoms with E-state index in [1.54, 1.807) is 6.92 Å². The Bertz CT molecular complexity index is 529. The predicted molar refractivity (Wildman–Crippen MR) is 76.8 cm³/mol. The van der Waals surface area contributed by atoms with Crippen LogP contribution in [0.2, 0.25) is 10.0 Å². The summed E-state index contributed by atoms with van der Waals surface area (Å²) >= 11 is 11.8. The highest BCUT2D eigenvalue weighted by atomic mass is 35.5. The maximum atomic E-state index is 11.5. The first-order chi connectivity index (χ1) is 8.89. The van der Waals surface area contributed by atoms with Gasteiger partial charge in [-0.25, -0.2) is 8.42 Å². The van der Waals surface area contributed by atoms with Crippen molar-refractivity contribution >= 4 is 33.0 Å². The zero-order chi connectivity index (χ0) is 14.5. The standard InChI is InChI=1S/C12H16Cl2O4S/c1-2-4-19(16,17)5-3-18-12-9(8-15)6-10(13)7-11(12)14/h6-7,15H,2-5,8H2,1H3. The Hall–Kier alpha value is -0.490. The minimum atomic E-state index is -3.10. The Morgan fingerprint density at radius 3 is 2.53 bits per heavy atom. The molecule has 4 nitrogen and oxygen atoms in total. The fraction of sp³-hybridized carbons (Fsp3) is 0.500. The van der Waals surface area contributed by atoms with Gasteiger partial charge in [-0.2, -0.15) is 0 Å². The van der Waals surface area contributed by atoms with Gasteiger partial charge in [0, 0.05) is 10.6 Å². The molecule has 0 fully saturated rings. The second-order valence-corrected chi connectivity index (χ2v) is 7.18. The van der Waals surface area contributed by atoms with Crippen LogP contribution < -0.4 is 4.74 Å². The van der Waals surface area contributed by atoms with Crippen molar-refractivity contribution in [2.45, 2.75) is 20.0 Å². The number of sulfone groups is 1. The zero-order valence-corrected chi connectivity index (χ0v) is 12.9. The molecule has 0 saturated heterocycles. The van der Waals surface area contributed by atoms with Crippen LogP contribution in [0.15, 0.2) is 12.1 Å². The van der Waals surface area contributed by atoms with E-state index >= 15 is 0 Å². The van der Waals surface area contributed by atoms with E-state index in [1.165, 1.54) is 12.1 Å². The van der Waals surface area contributed by atoms with Crippen LogP contribution in [0.1, 0.15) is 18.9 Å². The van der Waals surface area contributed by atoms with Crippen LogP contribution in [0, 0.1) is 0 Å². The SMILES string of the molecule is CCCS(=O)(=O)CCOc1c(Cl)cc(Cl)cc1CO. The predicted octanol–water partition coefficient (Wildman–Crippen LogP) is 2.69. The molecule has 1 N–H and O–H groups in total. The highest BCUT2D eigenvalue weighted by Crippen LogP contribution is 2.32. The van der Waals surface area contributed by atoms with Gasteiger partial charge in [-0.1, -0.05) is 30.1 Å². The molecule has 108 valence electrons. The first-order valence-electron chi connectivity index (χ1n) is 5.81. The van der Waals surface area contributed by atoms with Gasteiger partial charge in [0.25, 0.3) is 0 Å². The van der Waals surface area contributed by atoms with Crippen LogP contribution in [0.3, 0.4) is 0 Å². The maximum absolute atomic E-state index is 11.5. The average Bonchev–Trinajstić information content (AvgIpc) is 2.31. The highest BCUT2D eigenvalue weighted by molar-refractivity contribution is 7.91. The monoisotopic (exact) mass is 326 g/mol. The van der Waals surface area contributed by atoms with Crippen molar-refractivity contribution < 1.29 is 18.3 Å². The van der Waals surface area contributed by atoms with Gasteiger partial charge >= 0.3 is 0 Å². The summed E-state index contributed by atoms with van der Waals surface area (Å²) < 4.78 is 28.4.